The molecule has 1 spiro atoms. The highest BCUT2D eigenvalue weighted by Crippen LogP contribution is 2.57. The maximum Gasteiger partial charge on any atom is 0.323 e. The second kappa shape index (κ2) is 11.3. The molecule has 11 heteroatoms. The second-order valence-electron chi connectivity index (χ2n) is 13.7. The summed E-state index contributed by atoms with van der Waals surface area (Å²) in [5.74, 6) is -2.81. The molecule has 1 saturated heterocycles. The Morgan fingerprint density at radius 1 is 1.23 bits per heavy atom. The minimum atomic E-state index is -1.34. The largest absolute Gasteiger partial charge is 0.458 e. The molecule has 8 nitrogen and oxygen atoms in total. The van der Waals surface area contributed by atoms with Crippen molar-refractivity contribution in [2.75, 3.05) is 5.32 Å². The van der Waals surface area contributed by atoms with E-state index in [1.165, 1.54) is 6.07 Å². The number of fused-ring (bicyclic) bond motifs is 2. The SMILES string of the molecule is C[C@@H](N)C(=O)O[C@]1(C)CCC(NC(=O)[C@@H]2N[C@H](CC(C)(C)C)[C@]3(C(=O)Nc4cc(Cl)ccc43)[C@H]2c2cccc(Cl)c2F)C1. The first-order valence-electron chi connectivity index (χ1n) is 14.7. The van der Waals surface area contributed by atoms with Gasteiger partial charge in [0.2, 0.25) is 11.8 Å². The third kappa shape index (κ3) is 5.77. The molecule has 0 bridgehead atoms. The number of amides is 2. The van der Waals surface area contributed by atoms with Gasteiger partial charge >= 0.3 is 5.97 Å². The number of halogens is 3. The van der Waals surface area contributed by atoms with Crippen molar-refractivity contribution < 1.29 is 23.5 Å². The summed E-state index contributed by atoms with van der Waals surface area (Å²) < 4.78 is 21.6. The number of esters is 1. The van der Waals surface area contributed by atoms with Crippen LogP contribution >= 0.6 is 23.2 Å². The summed E-state index contributed by atoms with van der Waals surface area (Å²) in [6.45, 7) is 9.57. The molecule has 7 atom stereocenters. The summed E-state index contributed by atoms with van der Waals surface area (Å²) in [6, 6.07) is 7.28. The maximum absolute atomic E-state index is 15.9. The lowest BCUT2D eigenvalue weighted by molar-refractivity contribution is -0.158. The van der Waals surface area contributed by atoms with E-state index in [0.29, 0.717) is 42.0 Å². The van der Waals surface area contributed by atoms with Gasteiger partial charge in [0.05, 0.1) is 11.1 Å². The fourth-order valence-corrected chi connectivity index (χ4v) is 7.55. The Bertz CT molecular complexity index is 1460. The zero-order valence-electron chi connectivity index (χ0n) is 25.0. The third-order valence-electron chi connectivity index (χ3n) is 8.99. The molecule has 0 aromatic heterocycles. The first-order chi connectivity index (χ1) is 20.1. The van der Waals surface area contributed by atoms with E-state index in [0.717, 1.165) is 0 Å². The average Bonchev–Trinajstić information content (AvgIpc) is 3.52. The van der Waals surface area contributed by atoms with Gasteiger partial charge in [-0.25, -0.2) is 4.39 Å². The van der Waals surface area contributed by atoms with E-state index in [1.807, 2.05) is 6.92 Å². The molecule has 2 heterocycles. The average molecular weight is 634 g/mol. The third-order valence-corrected chi connectivity index (χ3v) is 9.51. The van der Waals surface area contributed by atoms with Crippen molar-refractivity contribution in [3.8, 4) is 0 Å². The van der Waals surface area contributed by atoms with Crippen molar-refractivity contribution >= 4 is 46.7 Å². The highest BCUT2D eigenvalue weighted by Gasteiger charge is 2.66. The summed E-state index contributed by atoms with van der Waals surface area (Å²) in [6.07, 6.45) is 2.04. The molecule has 5 rings (SSSR count). The summed E-state index contributed by atoms with van der Waals surface area (Å²) in [5, 5.41) is 9.94. The Kier molecular flexibility index (Phi) is 8.35. The van der Waals surface area contributed by atoms with Gasteiger partial charge in [0, 0.05) is 35.1 Å². The predicted molar refractivity (Wildman–Crippen MR) is 165 cm³/mol. The quantitative estimate of drug-likeness (QED) is 0.325. The summed E-state index contributed by atoms with van der Waals surface area (Å²) in [5.41, 5.74) is 4.71. The highest BCUT2D eigenvalue weighted by molar-refractivity contribution is 6.31. The number of carbonyl (C=O) groups is 3. The number of nitrogens with one attached hydrogen (secondary N) is 3. The minimum absolute atomic E-state index is 0.0941. The molecule has 2 aromatic carbocycles. The van der Waals surface area contributed by atoms with Crippen LogP contribution in [0, 0.1) is 11.2 Å². The Morgan fingerprint density at radius 3 is 2.63 bits per heavy atom. The van der Waals surface area contributed by atoms with Crippen LogP contribution in [0.15, 0.2) is 36.4 Å². The van der Waals surface area contributed by atoms with Crippen molar-refractivity contribution in [3.05, 3.63) is 63.4 Å². The van der Waals surface area contributed by atoms with Gasteiger partial charge < -0.3 is 26.4 Å². The van der Waals surface area contributed by atoms with E-state index in [-0.39, 0.29) is 33.9 Å². The maximum atomic E-state index is 15.9. The molecule has 2 aromatic rings. The lowest BCUT2D eigenvalue weighted by Crippen LogP contribution is -2.49. The van der Waals surface area contributed by atoms with E-state index < -0.39 is 46.8 Å². The standard InChI is InChI=1S/C32H39Cl2FN4O4/c1-16(36)28(41)43-31(5)12-11-18(14-31)37-27(40)26-24(19-7-6-8-21(34)25(19)35)32(23(39-26)15-30(2,3)4)20-10-9-17(33)13-22(20)38-29(32)42/h6-10,13,16,18,23-24,26,39H,11-12,14-15,36H2,1-5H3,(H,37,40)(H,38,42)/t16-,18?,23-,24+,26-,31-,32+/m1/s1. The number of ether oxygens (including phenoxy) is 1. The van der Waals surface area contributed by atoms with Crippen molar-refractivity contribution in [1.29, 1.82) is 0 Å². The van der Waals surface area contributed by atoms with E-state index >= 15 is 4.39 Å². The Hall–Kier alpha value is -2.72. The summed E-state index contributed by atoms with van der Waals surface area (Å²) >= 11 is 12.6. The number of carbonyl (C=O) groups excluding carboxylic acids is 3. The number of hydrogen-bond donors (Lipinski definition) is 4. The molecule has 2 amide bonds. The van der Waals surface area contributed by atoms with Crippen molar-refractivity contribution in [3.63, 3.8) is 0 Å². The topological polar surface area (TPSA) is 123 Å². The molecule has 1 saturated carbocycles. The lowest BCUT2D eigenvalue weighted by atomic mass is 9.62. The first-order valence-corrected chi connectivity index (χ1v) is 15.4. The molecule has 1 unspecified atom stereocenters. The zero-order valence-corrected chi connectivity index (χ0v) is 26.5. The molecular formula is C32H39Cl2FN4O4. The fraction of sp³-hybridized carbons (Fsp3) is 0.531. The van der Waals surface area contributed by atoms with Gasteiger partial charge in [-0.05, 0) is 67.9 Å². The van der Waals surface area contributed by atoms with Crippen LogP contribution in [0.2, 0.25) is 10.0 Å². The molecule has 1 aliphatic carbocycles. The van der Waals surface area contributed by atoms with E-state index in [2.05, 4.69) is 36.7 Å². The Balaban J connectivity index is 1.57. The minimum Gasteiger partial charge on any atom is -0.458 e. The van der Waals surface area contributed by atoms with Crippen molar-refractivity contribution in [2.45, 2.75) is 101 Å². The van der Waals surface area contributed by atoms with Crippen molar-refractivity contribution in [2.24, 2.45) is 11.1 Å². The van der Waals surface area contributed by atoms with Gasteiger partial charge in [-0.2, -0.15) is 0 Å². The van der Waals surface area contributed by atoms with Crippen LogP contribution in [0.25, 0.3) is 0 Å². The molecule has 232 valence electrons. The molecule has 2 fully saturated rings. The second-order valence-corrected chi connectivity index (χ2v) is 14.5. The van der Waals surface area contributed by atoms with E-state index in [9.17, 15) is 14.4 Å². The van der Waals surface area contributed by atoms with E-state index in [4.69, 9.17) is 33.7 Å². The first kappa shape index (κ1) is 31.7. The number of nitrogens with two attached hydrogens (primary N) is 1. The molecule has 2 aliphatic heterocycles. The fourth-order valence-electron chi connectivity index (χ4n) is 7.20. The zero-order chi connectivity index (χ0) is 31.5. The van der Waals surface area contributed by atoms with Gasteiger partial charge in [-0.15, -0.1) is 0 Å². The number of benzene rings is 2. The summed E-state index contributed by atoms with van der Waals surface area (Å²) in [7, 11) is 0. The molecule has 0 radical (unpaired) electrons. The lowest BCUT2D eigenvalue weighted by Gasteiger charge is -2.37. The van der Waals surface area contributed by atoms with E-state index in [1.54, 1.807) is 37.3 Å². The molecule has 3 aliphatic rings. The highest BCUT2D eigenvalue weighted by atomic mass is 35.5. The van der Waals surface area contributed by atoms with Gasteiger partial charge in [0.25, 0.3) is 0 Å². The van der Waals surface area contributed by atoms with Crippen LogP contribution in [0.3, 0.4) is 0 Å². The molecular weight excluding hydrogens is 594 g/mol. The number of rotatable bonds is 6. The van der Waals surface area contributed by atoms with Crippen LogP contribution in [0.1, 0.15) is 77.3 Å². The smallest absolute Gasteiger partial charge is 0.323 e. The van der Waals surface area contributed by atoms with Crippen LogP contribution in [0.5, 0.6) is 0 Å². The Labute approximate surface area is 261 Å². The van der Waals surface area contributed by atoms with Crippen molar-refractivity contribution in [1.82, 2.24) is 10.6 Å². The van der Waals surface area contributed by atoms with Gasteiger partial charge in [0.1, 0.15) is 22.9 Å². The molecule has 5 N–H and O–H groups in total. The predicted octanol–water partition coefficient (Wildman–Crippen LogP) is 5.20. The number of hydrogen-bond acceptors (Lipinski definition) is 6. The molecule has 43 heavy (non-hydrogen) atoms. The van der Waals surface area contributed by atoms with Crippen LogP contribution in [-0.2, 0) is 24.5 Å². The van der Waals surface area contributed by atoms with Crippen LogP contribution in [0.4, 0.5) is 10.1 Å². The van der Waals surface area contributed by atoms with Crippen LogP contribution < -0.4 is 21.7 Å². The monoisotopic (exact) mass is 632 g/mol. The number of anilines is 1. The Morgan fingerprint density at radius 2 is 1.95 bits per heavy atom. The van der Waals surface area contributed by atoms with Gasteiger partial charge in [-0.1, -0.05) is 62.2 Å². The normalized spacial score (nSPS) is 30.7. The summed E-state index contributed by atoms with van der Waals surface area (Å²) in [4.78, 5) is 40.7. The van der Waals surface area contributed by atoms with Gasteiger partial charge in [0.15, 0.2) is 0 Å². The van der Waals surface area contributed by atoms with Gasteiger partial charge in [-0.3, -0.25) is 14.4 Å². The van der Waals surface area contributed by atoms with Crippen LogP contribution in [-0.4, -0.2) is 47.6 Å².